The van der Waals surface area contributed by atoms with E-state index in [1.54, 1.807) is 29.9 Å². The molecule has 0 spiro atoms. The number of aryl methyl sites for hydroxylation is 1. The monoisotopic (exact) mass is 496 g/mol. The van der Waals surface area contributed by atoms with Gasteiger partial charge in [0, 0.05) is 36.8 Å². The number of halogens is 4. The van der Waals surface area contributed by atoms with E-state index in [0.717, 1.165) is 17.7 Å². The average molecular weight is 497 g/mol. The minimum atomic E-state index is -4.70. The van der Waals surface area contributed by atoms with Crippen LogP contribution in [0.5, 0.6) is 0 Å². The molecule has 0 radical (unpaired) electrons. The summed E-state index contributed by atoms with van der Waals surface area (Å²) in [6, 6.07) is 14.1. The molecular weight excluding hydrogens is 481 g/mol. The normalized spacial score (nSPS) is 11.7. The van der Waals surface area contributed by atoms with Gasteiger partial charge in [-0.05, 0) is 24.3 Å². The highest BCUT2D eigenvalue weighted by molar-refractivity contribution is 6.34. The summed E-state index contributed by atoms with van der Waals surface area (Å²) in [6.45, 7) is 0. The Morgan fingerprint density at radius 1 is 1.06 bits per heavy atom. The molecular formula is C24H16ClF3N6O. The largest absolute Gasteiger partial charge is 0.417 e. The molecule has 0 saturated carbocycles. The van der Waals surface area contributed by atoms with Crippen molar-refractivity contribution in [3.8, 4) is 22.5 Å². The van der Waals surface area contributed by atoms with E-state index < -0.39 is 17.6 Å². The second-order valence-electron chi connectivity index (χ2n) is 7.67. The number of carbonyl (C=O) groups is 1. The van der Waals surface area contributed by atoms with Crippen molar-refractivity contribution in [2.75, 3.05) is 5.32 Å². The zero-order chi connectivity index (χ0) is 24.7. The summed E-state index contributed by atoms with van der Waals surface area (Å²) in [5.74, 6) is -0.0577. The molecule has 0 bridgehead atoms. The van der Waals surface area contributed by atoms with Crippen LogP contribution in [0.1, 0.15) is 15.9 Å². The van der Waals surface area contributed by atoms with Crippen molar-refractivity contribution in [2.45, 2.75) is 6.18 Å². The van der Waals surface area contributed by atoms with Gasteiger partial charge in [0.15, 0.2) is 0 Å². The number of benzene rings is 2. The molecule has 2 aromatic carbocycles. The van der Waals surface area contributed by atoms with E-state index in [1.165, 1.54) is 16.9 Å². The van der Waals surface area contributed by atoms with E-state index in [9.17, 15) is 18.0 Å². The van der Waals surface area contributed by atoms with E-state index in [4.69, 9.17) is 11.6 Å². The van der Waals surface area contributed by atoms with Crippen molar-refractivity contribution in [1.82, 2.24) is 24.1 Å². The van der Waals surface area contributed by atoms with Crippen molar-refractivity contribution in [3.05, 3.63) is 89.3 Å². The molecule has 176 valence electrons. The van der Waals surface area contributed by atoms with E-state index in [0.29, 0.717) is 17.3 Å². The van der Waals surface area contributed by atoms with Gasteiger partial charge in [-0.25, -0.2) is 9.97 Å². The SMILES string of the molecule is Cn1ccc(-c2cc(C(=O)Nc3c(-c4ccccc4)nc4ncccn34)c(Cl)cc2C(F)(F)F)n1. The van der Waals surface area contributed by atoms with Gasteiger partial charge in [0.05, 0.1) is 21.8 Å². The Morgan fingerprint density at radius 2 is 1.83 bits per heavy atom. The molecule has 35 heavy (non-hydrogen) atoms. The standard InChI is InChI=1S/C24H16ClF3N6O/c1-33-11-8-19(32-33)15-12-16(18(25)13-17(15)24(26,27)28)22(35)31-21-20(14-6-3-2-4-7-14)30-23-29-9-5-10-34(21)23/h2-13H,1H3,(H,31,35). The summed E-state index contributed by atoms with van der Waals surface area (Å²) in [4.78, 5) is 22.1. The first-order valence-electron chi connectivity index (χ1n) is 10.3. The van der Waals surface area contributed by atoms with Gasteiger partial charge in [0.2, 0.25) is 5.78 Å². The van der Waals surface area contributed by atoms with E-state index in [-0.39, 0.29) is 21.8 Å². The summed E-state index contributed by atoms with van der Waals surface area (Å²) >= 11 is 6.19. The van der Waals surface area contributed by atoms with Crippen molar-refractivity contribution in [3.63, 3.8) is 0 Å². The molecule has 1 amide bonds. The molecule has 0 fully saturated rings. The van der Waals surface area contributed by atoms with Crippen LogP contribution < -0.4 is 5.32 Å². The van der Waals surface area contributed by atoms with Gasteiger partial charge >= 0.3 is 6.18 Å². The Balaban J connectivity index is 1.62. The maximum Gasteiger partial charge on any atom is 0.417 e. The van der Waals surface area contributed by atoms with Gasteiger partial charge in [-0.2, -0.15) is 18.3 Å². The van der Waals surface area contributed by atoms with Crippen LogP contribution in [0.3, 0.4) is 0 Å². The predicted octanol–water partition coefficient (Wildman–Crippen LogP) is 5.72. The molecule has 0 aliphatic heterocycles. The molecule has 0 atom stereocenters. The smallest absolute Gasteiger partial charge is 0.306 e. The second-order valence-corrected chi connectivity index (χ2v) is 8.08. The fraction of sp³-hybridized carbons (Fsp3) is 0.0833. The summed E-state index contributed by atoms with van der Waals surface area (Å²) in [5, 5.41) is 6.49. The van der Waals surface area contributed by atoms with Gasteiger partial charge in [-0.15, -0.1) is 0 Å². The molecule has 0 unspecified atom stereocenters. The lowest BCUT2D eigenvalue weighted by Crippen LogP contribution is -2.16. The second kappa shape index (κ2) is 8.55. The first-order chi connectivity index (χ1) is 16.7. The molecule has 5 aromatic rings. The van der Waals surface area contributed by atoms with Crippen LogP contribution in [-0.4, -0.2) is 30.1 Å². The number of imidazole rings is 1. The van der Waals surface area contributed by atoms with Crippen LogP contribution in [-0.2, 0) is 13.2 Å². The van der Waals surface area contributed by atoms with Crippen LogP contribution in [0.25, 0.3) is 28.3 Å². The summed E-state index contributed by atoms with van der Waals surface area (Å²) in [5.41, 5.74) is -0.142. The summed E-state index contributed by atoms with van der Waals surface area (Å²) in [7, 11) is 1.59. The van der Waals surface area contributed by atoms with Gasteiger partial charge < -0.3 is 5.32 Å². The number of nitrogens with zero attached hydrogens (tertiary/aromatic N) is 5. The molecule has 3 aromatic heterocycles. The Kier molecular flexibility index (Phi) is 5.52. The number of rotatable bonds is 4. The number of carbonyl (C=O) groups excluding carboxylic acids is 1. The fourth-order valence-electron chi connectivity index (χ4n) is 3.73. The molecule has 5 rings (SSSR count). The van der Waals surface area contributed by atoms with Crippen LogP contribution in [0.15, 0.2) is 73.2 Å². The zero-order valence-corrected chi connectivity index (χ0v) is 18.8. The number of amides is 1. The molecule has 7 nitrogen and oxygen atoms in total. The number of hydrogen-bond donors (Lipinski definition) is 1. The Hall–Kier alpha value is -4.18. The van der Waals surface area contributed by atoms with Gasteiger partial charge in [0.1, 0.15) is 11.5 Å². The molecule has 0 aliphatic rings. The lowest BCUT2D eigenvalue weighted by Gasteiger charge is -2.15. The van der Waals surface area contributed by atoms with Crippen LogP contribution in [0, 0.1) is 0 Å². The first kappa shape index (κ1) is 22.6. The quantitative estimate of drug-likeness (QED) is 0.345. The Labute approximate surface area is 201 Å². The first-order valence-corrected chi connectivity index (χ1v) is 10.7. The molecule has 0 saturated heterocycles. The predicted molar refractivity (Wildman–Crippen MR) is 125 cm³/mol. The van der Waals surface area contributed by atoms with Crippen LogP contribution in [0.2, 0.25) is 5.02 Å². The highest BCUT2D eigenvalue weighted by atomic mass is 35.5. The number of anilines is 1. The van der Waals surface area contributed by atoms with Crippen molar-refractivity contribution < 1.29 is 18.0 Å². The highest BCUT2D eigenvalue weighted by Crippen LogP contribution is 2.40. The molecule has 11 heteroatoms. The van der Waals surface area contributed by atoms with E-state index in [2.05, 4.69) is 20.4 Å². The summed E-state index contributed by atoms with van der Waals surface area (Å²) < 4.78 is 44.2. The van der Waals surface area contributed by atoms with Crippen molar-refractivity contribution in [2.24, 2.45) is 7.05 Å². The third-order valence-electron chi connectivity index (χ3n) is 5.33. The maximum absolute atomic E-state index is 13.8. The van der Waals surface area contributed by atoms with Crippen LogP contribution >= 0.6 is 11.6 Å². The zero-order valence-electron chi connectivity index (χ0n) is 18.1. The van der Waals surface area contributed by atoms with E-state index >= 15 is 0 Å². The van der Waals surface area contributed by atoms with Gasteiger partial charge in [-0.1, -0.05) is 41.9 Å². The number of hydrogen-bond acceptors (Lipinski definition) is 4. The molecule has 3 heterocycles. The highest BCUT2D eigenvalue weighted by Gasteiger charge is 2.36. The van der Waals surface area contributed by atoms with Gasteiger partial charge in [0.25, 0.3) is 5.91 Å². The Morgan fingerprint density at radius 3 is 2.51 bits per heavy atom. The minimum absolute atomic E-state index is 0.0644. The lowest BCUT2D eigenvalue weighted by molar-refractivity contribution is -0.137. The number of alkyl halides is 3. The van der Waals surface area contributed by atoms with E-state index in [1.807, 2.05) is 30.3 Å². The lowest BCUT2D eigenvalue weighted by atomic mass is 10.00. The third kappa shape index (κ3) is 4.24. The number of fused-ring (bicyclic) bond motifs is 1. The van der Waals surface area contributed by atoms with Crippen LogP contribution in [0.4, 0.5) is 19.0 Å². The number of nitrogens with one attached hydrogen (secondary N) is 1. The van der Waals surface area contributed by atoms with Crippen molar-refractivity contribution >= 4 is 29.1 Å². The molecule has 0 aliphatic carbocycles. The minimum Gasteiger partial charge on any atom is -0.306 e. The molecule has 1 N–H and O–H groups in total. The summed E-state index contributed by atoms with van der Waals surface area (Å²) in [6.07, 6.45) is 0.0559. The fourth-order valence-corrected chi connectivity index (χ4v) is 3.98. The number of aromatic nitrogens is 5. The Bertz CT molecular complexity index is 1560. The van der Waals surface area contributed by atoms with Gasteiger partial charge in [-0.3, -0.25) is 13.9 Å². The third-order valence-corrected chi connectivity index (χ3v) is 5.64. The average Bonchev–Trinajstić information content (AvgIpc) is 3.42. The maximum atomic E-state index is 13.8. The van der Waals surface area contributed by atoms with Crippen molar-refractivity contribution in [1.29, 1.82) is 0 Å². The topological polar surface area (TPSA) is 77.1 Å².